The lowest BCUT2D eigenvalue weighted by molar-refractivity contribution is -0.132. The zero-order valence-corrected chi connectivity index (χ0v) is 11.9. The molecule has 1 aliphatic heterocycles. The lowest BCUT2D eigenvalue weighted by Gasteiger charge is -2.25. The first-order chi connectivity index (χ1) is 7.81. The van der Waals surface area contributed by atoms with E-state index in [0.717, 1.165) is 6.42 Å². The number of nitrogens with zero attached hydrogens (tertiary/aromatic N) is 1. The number of nitrogens with one attached hydrogen (secondary N) is 1. The van der Waals surface area contributed by atoms with Crippen LogP contribution in [0.1, 0.15) is 27.2 Å². The average molecular weight is 258 g/mol. The molecule has 2 atom stereocenters. The Kier molecular flexibility index (Phi) is 4.47. The Labute approximate surface area is 109 Å². The van der Waals surface area contributed by atoms with Crippen LogP contribution in [0, 0.1) is 11.3 Å². The van der Waals surface area contributed by atoms with Gasteiger partial charge in [0.05, 0.1) is 10.7 Å². The SMILES string of the molecule is CNC(=O)C1(C)CCN(C(=O)C(S)C(C)C)C1. The van der Waals surface area contributed by atoms with Crippen LogP contribution in [0.25, 0.3) is 0 Å². The Balaban J connectivity index is 2.68. The highest BCUT2D eigenvalue weighted by Gasteiger charge is 2.42. The third kappa shape index (κ3) is 2.94. The van der Waals surface area contributed by atoms with E-state index in [9.17, 15) is 9.59 Å². The smallest absolute Gasteiger partial charge is 0.235 e. The standard InChI is InChI=1S/C12H22N2O2S/c1-8(2)9(17)10(15)14-6-5-12(3,7-14)11(16)13-4/h8-9,17H,5-7H2,1-4H3,(H,13,16). The molecule has 0 aromatic carbocycles. The molecule has 2 amide bonds. The van der Waals surface area contributed by atoms with Crippen LogP contribution >= 0.6 is 12.6 Å². The fourth-order valence-corrected chi connectivity index (χ4v) is 2.27. The number of likely N-dealkylation sites (tertiary alicyclic amines) is 1. The minimum atomic E-state index is -0.450. The lowest BCUT2D eigenvalue weighted by Crippen LogP contribution is -2.42. The van der Waals surface area contributed by atoms with Gasteiger partial charge in [0.25, 0.3) is 0 Å². The van der Waals surface area contributed by atoms with Gasteiger partial charge in [-0.1, -0.05) is 13.8 Å². The van der Waals surface area contributed by atoms with Crippen LogP contribution in [0.5, 0.6) is 0 Å². The molecule has 0 aromatic heterocycles. The Morgan fingerprint density at radius 1 is 1.41 bits per heavy atom. The van der Waals surface area contributed by atoms with E-state index in [1.807, 2.05) is 20.8 Å². The number of hydrogen-bond donors (Lipinski definition) is 2. The Bertz CT molecular complexity index is 320. The van der Waals surface area contributed by atoms with Crippen molar-refractivity contribution in [3.8, 4) is 0 Å². The van der Waals surface area contributed by atoms with Gasteiger partial charge >= 0.3 is 0 Å². The molecule has 1 N–H and O–H groups in total. The quantitative estimate of drug-likeness (QED) is 0.740. The predicted molar refractivity (Wildman–Crippen MR) is 71.0 cm³/mol. The van der Waals surface area contributed by atoms with Gasteiger partial charge in [-0.2, -0.15) is 12.6 Å². The van der Waals surface area contributed by atoms with Crippen LogP contribution in [0.15, 0.2) is 0 Å². The average Bonchev–Trinajstić information content (AvgIpc) is 2.70. The summed E-state index contributed by atoms with van der Waals surface area (Å²) in [5.74, 6) is 0.252. The molecule has 0 saturated carbocycles. The summed E-state index contributed by atoms with van der Waals surface area (Å²) in [5.41, 5.74) is -0.450. The molecule has 17 heavy (non-hydrogen) atoms. The third-order valence-electron chi connectivity index (χ3n) is 3.44. The van der Waals surface area contributed by atoms with Crippen molar-refractivity contribution in [1.29, 1.82) is 0 Å². The Hall–Kier alpha value is -0.710. The predicted octanol–water partition coefficient (Wildman–Crippen LogP) is 0.925. The molecular formula is C12H22N2O2S. The van der Waals surface area contributed by atoms with Gasteiger partial charge in [-0.25, -0.2) is 0 Å². The largest absolute Gasteiger partial charge is 0.359 e. The van der Waals surface area contributed by atoms with E-state index in [1.165, 1.54) is 0 Å². The topological polar surface area (TPSA) is 49.4 Å². The van der Waals surface area contributed by atoms with E-state index in [0.29, 0.717) is 13.1 Å². The summed E-state index contributed by atoms with van der Waals surface area (Å²) >= 11 is 4.33. The summed E-state index contributed by atoms with van der Waals surface area (Å²) < 4.78 is 0. The van der Waals surface area contributed by atoms with Crippen molar-refractivity contribution in [2.45, 2.75) is 32.4 Å². The second-order valence-electron chi connectivity index (χ2n) is 5.34. The Morgan fingerprint density at radius 2 is 2.00 bits per heavy atom. The summed E-state index contributed by atoms with van der Waals surface area (Å²) in [6.07, 6.45) is 0.719. The van der Waals surface area contributed by atoms with E-state index >= 15 is 0 Å². The number of thiol groups is 1. The second-order valence-corrected chi connectivity index (χ2v) is 5.89. The Morgan fingerprint density at radius 3 is 2.47 bits per heavy atom. The molecule has 1 heterocycles. The van der Waals surface area contributed by atoms with Crippen LogP contribution in [-0.2, 0) is 9.59 Å². The first-order valence-corrected chi connectivity index (χ1v) is 6.52. The lowest BCUT2D eigenvalue weighted by atomic mass is 9.89. The van der Waals surface area contributed by atoms with Gasteiger partial charge in [0.2, 0.25) is 11.8 Å². The summed E-state index contributed by atoms with van der Waals surface area (Å²) in [6.45, 7) is 7.00. The van der Waals surface area contributed by atoms with Crippen molar-refractivity contribution in [3.05, 3.63) is 0 Å². The van der Waals surface area contributed by atoms with Gasteiger partial charge in [0.1, 0.15) is 0 Å². The zero-order chi connectivity index (χ0) is 13.2. The van der Waals surface area contributed by atoms with E-state index < -0.39 is 5.41 Å². The summed E-state index contributed by atoms with van der Waals surface area (Å²) in [6, 6.07) is 0. The van der Waals surface area contributed by atoms with E-state index in [-0.39, 0.29) is 23.0 Å². The molecule has 0 bridgehead atoms. The molecule has 0 aromatic rings. The van der Waals surface area contributed by atoms with E-state index in [4.69, 9.17) is 0 Å². The molecule has 0 aliphatic carbocycles. The molecular weight excluding hydrogens is 236 g/mol. The molecule has 1 rings (SSSR count). The van der Waals surface area contributed by atoms with E-state index in [1.54, 1.807) is 11.9 Å². The van der Waals surface area contributed by atoms with Crippen LogP contribution in [0.2, 0.25) is 0 Å². The second kappa shape index (κ2) is 5.29. The van der Waals surface area contributed by atoms with Gasteiger partial charge in [0, 0.05) is 20.1 Å². The van der Waals surface area contributed by atoms with Crippen molar-refractivity contribution in [2.75, 3.05) is 20.1 Å². The molecule has 98 valence electrons. The first kappa shape index (κ1) is 14.4. The van der Waals surface area contributed by atoms with Crippen LogP contribution < -0.4 is 5.32 Å². The first-order valence-electron chi connectivity index (χ1n) is 6.01. The molecule has 1 aliphatic rings. The summed E-state index contributed by atoms with van der Waals surface area (Å²) in [7, 11) is 1.63. The van der Waals surface area contributed by atoms with Gasteiger partial charge in [-0.3, -0.25) is 9.59 Å². The van der Waals surface area contributed by atoms with Crippen molar-refractivity contribution < 1.29 is 9.59 Å². The molecule has 5 heteroatoms. The number of carbonyl (C=O) groups is 2. The van der Waals surface area contributed by atoms with E-state index in [2.05, 4.69) is 17.9 Å². The highest BCUT2D eigenvalue weighted by molar-refractivity contribution is 7.81. The molecule has 4 nitrogen and oxygen atoms in total. The number of amides is 2. The maximum absolute atomic E-state index is 12.1. The number of carbonyl (C=O) groups excluding carboxylic acids is 2. The van der Waals surface area contributed by atoms with Gasteiger partial charge in [0.15, 0.2) is 0 Å². The van der Waals surface area contributed by atoms with Crippen molar-refractivity contribution in [2.24, 2.45) is 11.3 Å². The molecule has 1 fully saturated rings. The van der Waals surface area contributed by atoms with Gasteiger partial charge in [-0.15, -0.1) is 0 Å². The fraction of sp³-hybridized carbons (Fsp3) is 0.833. The summed E-state index contributed by atoms with van der Waals surface area (Å²) in [5, 5.41) is 2.39. The van der Waals surface area contributed by atoms with Crippen molar-refractivity contribution in [3.63, 3.8) is 0 Å². The number of hydrogen-bond acceptors (Lipinski definition) is 3. The monoisotopic (exact) mass is 258 g/mol. The molecule has 2 unspecified atom stereocenters. The minimum Gasteiger partial charge on any atom is -0.359 e. The summed E-state index contributed by atoms with van der Waals surface area (Å²) in [4.78, 5) is 25.6. The zero-order valence-electron chi connectivity index (χ0n) is 11.0. The third-order valence-corrected chi connectivity index (χ3v) is 4.26. The molecule has 0 spiro atoms. The molecule has 1 saturated heterocycles. The normalized spacial score (nSPS) is 26.1. The highest BCUT2D eigenvalue weighted by atomic mass is 32.1. The maximum Gasteiger partial charge on any atom is 0.235 e. The van der Waals surface area contributed by atoms with Crippen LogP contribution in [-0.4, -0.2) is 42.1 Å². The minimum absolute atomic E-state index is 0.00746. The van der Waals surface area contributed by atoms with Gasteiger partial charge < -0.3 is 10.2 Å². The molecule has 0 radical (unpaired) electrons. The maximum atomic E-state index is 12.1. The number of rotatable bonds is 3. The van der Waals surface area contributed by atoms with Crippen molar-refractivity contribution in [1.82, 2.24) is 10.2 Å². The van der Waals surface area contributed by atoms with Crippen LogP contribution in [0.4, 0.5) is 0 Å². The highest BCUT2D eigenvalue weighted by Crippen LogP contribution is 2.31. The fourth-order valence-electron chi connectivity index (χ4n) is 2.11. The van der Waals surface area contributed by atoms with Crippen LogP contribution in [0.3, 0.4) is 0 Å². The van der Waals surface area contributed by atoms with Crippen molar-refractivity contribution >= 4 is 24.4 Å². The van der Waals surface area contributed by atoms with Gasteiger partial charge in [-0.05, 0) is 19.3 Å².